The molecule has 14 heavy (non-hydrogen) atoms. The summed E-state index contributed by atoms with van der Waals surface area (Å²) in [5.74, 6) is 0. The van der Waals surface area contributed by atoms with Crippen LogP contribution < -0.4 is 5.43 Å². The van der Waals surface area contributed by atoms with Crippen molar-refractivity contribution < 1.29 is 4.86 Å². The minimum Gasteiger partial charge on any atom is -0.696 e. The van der Waals surface area contributed by atoms with Crippen LogP contribution in [0.15, 0.2) is 17.4 Å². The highest BCUT2D eigenvalue weighted by atomic mass is 35.5. The van der Waals surface area contributed by atoms with Crippen molar-refractivity contribution in [1.29, 1.82) is 0 Å². The Bertz CT molecular complexity index is 353. The molecule has 0 aliphatic rings. The normalized spacial score (nSPS) is 11.6. The molecule has 7 heteroatoms. The number of benzene rings is 1. The van der Waals surface area contributed by atoms with Crippen LogP contribution in [0.1, 0.15) is 0 Å². The Labute approximate surface area is 95.6 Å². The Kier molecular flexibility index (Phi) is 3.80. The molecule has 0 amide bonds. The quantitative estimate of drug-likeness (QED) is 0.498. The van der Waals surface area contributed by atoms with E-state index in [0.29, 0.717) is 25.6 Å². The predicted molar refractivity (Wildman–Crippen MR) is 57.1 cm³/mol. The van der Waals surface area contributed by atoms with Gasteiger partial charge in [0.2, 0.25) is 0 Å². The van der Waals surface area contributed by atoms with E-state index in [1.165, 1.54) is 19.2 Å². The number of hydroxylamine groups is 1. The maximum absolute atomic E-state index is 10.5. The number of nitrogens with one attached hydrogen (secondary N) is 1. The van der Waals surface area contributed by atoms with E-state index in [9.17, 15) is 5.21 Å². The number of nitrogens with zero attached hydrogens (tertiary/aromatic N) is 2. The van der Waals surface area contributed by atoms with Crippen LogP contribution in [-0.2, 0) is 0 Å². The van der Waals surface area contributed by atoms with Crippen molar-refractivity contribution in [3.8, 4) is 0 Å². The summed E-state index contributed by atoms with van der Waals surface area (Å²) in [6, 6.07) is 3.00. The summed E-state index contributed by atoms with van der Waals surface area (Å²) >= 11 is 17.3. The molecule has 1 rings (SSSR count). The number of halogens is 3. The summed E-state index contributed by atoms with van der Waals surface area (Å²) in [7, 11) is 1.23. The van der Waals surface area contributed by atoms with E-state index in [0.717, 1.165) is 0 Å². The monoisotopic (exact) mass is 253 g/mol. The first kappa shape index (κ1) is 11.4. The van der Waals surface area contributed by atoms with E-state index in [-0.39, 0.29) is 0 Å². The lowest BCUT2D eigenvalue weighted by Gasteiger charge is -2.02. The summed E-state index contributed by atoms with van der Waals surface area (Å²) in [6.45, 7) is 0. The van der Waals surface area contributed by atoms with E-state index < -0.39 is 0 Å². The molecule has 1 aromatic rings. The molecular weight excluding hydrogens is 248 g/mol. The van der Waals surface area contributed by atoms with Gasteiger partial charge in [0, 0.05) is 5.02 Å². The molecule has 0 spiro atoms. The van der Waals surface area contributed by atoms with E-state index >= 15 is 0 Å². The molecule has 0 fully saturated rings. The Hall–Kier alpha value is -0.710. The second kappa shape index (κ2) is 4.68. The molecular formula is C7H6Cl3N3O. The number of anilines is 1. The molecule has 76 valence electrons. The van der Waals surface area contributed by atoms with Gasteiger partial charge >= 0.3 is 0 Å². The summed E-state index contributed by atoms with van der Waals surface area (Å²) in [5, 5.41) is 14.9. The second-order valence-electron chi connectivity index (χ2n) is 2.42. The van der Waals surface area contributed by atoms with Gasteiger partial charge in [-0.25, -0.2) is 0 Å². The smallest absolute Gasteiger partial charge is 0.184 e. The first-order valence-corrected chi connectivity index (χ1v) is 4.66. The van der Waals surface area contributed by atoms with Crippen molar-refractivity contribution in [3.05, 3.63) is 32.4 Å². The Morgan fingerprint density at radius 3 is 2.21 bits per heavy atom. The molecule has 1 N–H and O–H groups in total. The van der Waals surface area contributed by atoms with Crippen LogP contribution in [-0.4, -0.2) is 11.9 Å². The molecule has 0 radical (unpaired) electrons. The third-order valence-corrected chi connectivity index (χ3v) is 2.12. The van der Waals surface area contributed by atoms with Crippen molar-refractivity contribution in [2.45, 2.75) is 0 Å². The zero-order chi connectivity index (χ0) is 10.7. The molecule has 0 aliphatic heterocycles. The van der Waals surface area contributed by atoms with E-state index in [2.05, 4.69) is 10.6 Å². The Morgan fingerprint density at radius 1 is 1.29 bits per heavy atom. The molecule has 4 nitrogen and oxygen atoms in total. The third kappa shape index (κ3) is 2.90. The van der Waals surface area contributed by atoms with Crippen LogP contribution in [0.2, 0.25) is 15.1 Å². The second-order valence-corrected chi connectivity index (χ2v) is 3.67. The van der Waals surface area contributed by atoms with E-state index in [4.69, 9.17) is 34.8 Å². The lowest BCUT2D eigenvalue weighted by Crippen LogP contribution is -1.97. The fourth-order valence-electron chi connectivity index (χ4n) is 0.769. The number of hydrogen-bond acceptors (Lipinski definition) is 2. The van der Waals surface area contributed by atoms with Gasteiger partial charge in [0.25, 0.3) is 0 Å². The van der Waals surface area contributed by atoms with Crippen LogP contribution in [0.5, 0.6) is 0 Å². The number of rotatable bonds is 2. The zero-order valence-electron chi connectivity index (χ0n) is 7.09. The van der Waals surface area contributed by atoms with Gasteiger partial charge in [-0.05, 0) is 12.1 Å². The minimum atomic E-state index is 0.299. The minimum absolute atomic E-state index is 0.299. The number of hydrogen-bond donors (Lipinski definition) is 1. The van der Waals surface area contributed by atoms with Crippen molar-refractivity contribution in [3.63, 3.8) is 0 Å². The van der Waals surface area contributed by atoms with Crippen LogP contribution in [0.4, 0.5) is 5.69 Å². The molecule has 0 atom stereocenters. The van der Waals surface area contributed by atoms with Gasteiger partial charge in [-0.15, -0.1) is 5.43 Å². The molecule has 0 aliphatic carbocycles. The standard InChI is InChI=1S/C7H6Cl3N3O/c1-13(14)12-11-7-5(9)2-4(8)3-6(7)10/h2-3,11H,1H3. The first-order valence-electron chi connectivity index (χ1n) is 3.53. The summed E-state index contributed by atoms with van der Waals surface area (Å²) in [6.07, 6.45) is 0. The Balaban J connectivity index is 3.03. The molecule has 0 unspecified atom stereocenters. The van der Waals surface area contributed by atoms with Crippen molar-refractivity contribution in [2.24, 2.45) is 5.22 Å². The summed E-state index contributed by atoms with van der Waals surface area (Å²) in [5.41, 5.74) is 2.77. The van der Waals surface area contributed by atoms with E-state index in [1.54, 1.807) is 0 Å². The van der Waals surface area contributed by atoms with Crippen molar-refractivity contribution >= 4 is 40.5 Å². The van der Waals surface area contributed by atoms with Gasteiger partial charge in [0.15, 0.2) is 5.69 Å². The van der Waals surface area contributed by atoms with E-state index in [1.807, 2.05) is 0 Å². The van der Waals surface area contributed by atoms with Gasteiger partial charge in [0.1, 0.15) is 7.05 Å². The summed E-state index contributed by atoms with van der Waals surface area (Å²) in [4.78, 5) is 0.348. The summed E-state index contributed by atoms with van der Waals surface area (Å²) < 4.78 is 0. The van der Waals surface area contributed by atoms with Gasteiger partial charge in [-0.2, -0.15) is 4.86 Å². The third-order valence-electron chi connectivity index (χ3n) is 1.31. The topological polar surface area (TPSA) is 50.5 Å². The van der Waals surface area contributed by atoms with Crippen molar-refractivity contribution in [2.75, 3.05) is 12.5 Å². The van der Waals surface area contributed by atoms with Crippen LogP contribution in [0.25, 0.3) is 0 Å². The molecule has 0 saturated carbocycles. The van der Waals surface area contributed by atoms with Crippen LogP contribution in [0.3, 0.4) is 0 Å². The first-order chi connectivity index (χ1) is 6.50. The highest BCUT2D eigenvalue weighted by Gasteiger charge is 2.10. The lowest BCUT2D eigenvalue weighted by molar-refractivity contribution is -0.497. The zero-order valence-corrected chi connectivity index (χ0v) is 9.36. The highest BCUT2D eigenvalue weighted by molar-refractivity contribution is 6.41. The predicted octanol–water partition coefficient (Wildman–Crippen LogP) is 3.57. The van der Waals surface area contributed by atoms with Gasteiger partial charge in [0.05, 0.1) is 15.3 Å². The maximum Gasteiger partial charge on any atom is 0.184 e. The Morgan fingerprint density at radius 2 is 1.79 bits per heavy atom. The van der Waals surface area contributed by atoms with Crippen molar-refractivity contribution in [1.82, 2.24) is 0 Å². The van der Waals surface area contributed by atoms with Gasteiger partial charge in [-0.3, -0.25) is 0 Å². The van der Waals surface area contributed by atoms with Gasteiger partial charge < -0.3 is 5.21 Å². The molecule has 0 saturated heterocycles. The van der Waals surface area contributed by atoms with Crippen LogP contribution in [0, 0.1) is 5.21 Å². The largest absolute Gasteiger partial charge is 0.696 e. The van der Waals surface area contributed by atoms with Crippen LogP contribution >= 0.6 is 34.8 Å². The average Bonchev–Trinajstić information content (AvgIpc) is 2.01. The lowest BCUT2D eigenvalue weighted by atomic mass is 10.3. The molecule has 1 aromatic carbocycles. The highest BCUT2D eigenvalue weighted by Crippen LogP contribution is 2.33. The molecule has 0 heterocycles. The molecule has 0 bridgehead atoms. The maximum atomic E-state index is 10.5. The average molecular weight is 255 g/mol. The fourth-order valence-corrected chi connectivity index (χ4v) is 1.67. The molecule has 0 aromatic heterocycles. The SMILES string of the molecule is C[N+]([O-])=NNc1c(Cl)cc(Cl)cc1Cl. The fraction of sp³-hybridized carbons (Fsp3) is 0.143. The van der Waals surface area contributed by atoms with Gasteiger partial charge in [-0.1, -0.05) is 34.8 Å².